The normalized spacial score (nSPS) is 20.1. The number of esters is 2. The van der Waals surface area contributed by atoms with Gasteiger partial charge in [-0.25, -0.2) is 14.5 Å². The minimum atomic E-state index is -0.355. The zero-order valence-corrected chi connectivity index (χ0v) is 30.8. The summed E-state index contributed by atoms with van der Waals surface area (Å²) in [5.74, 6) is -1.46. The SMILES string of the molecule is CCCCCCCCOC(=O)c1ccc(-c2ccc(-c3ccc(C(=O)OCCCCCCCC)cc3)c(N3C(=O)[C@@H]4[C@H](C3=O)[C@H]3C=C[C@@H]4C3)c2)cc1. The Bertz CT molecular complexity index is 1710. The van der Waals surface area contributed by atoms with Crippen molar-refractivity contribution in [3.63, 3.8) is 0 Å². The third kappa shape index (κ3) is 8.40. The van der Waals surface area contributed by atoms with Crippen LogP contribution in [0.25, 0.3) is 22.3 Å². The second-order valence-corrected chi connectivity index (χ2v) is 14.7. The molecule has 2 fully saturated rings. The van der Waals surface area contributed by atoms with Crippen molar-refractivity contribution in [1.82, 2.24) is 0 Å². The molecular formula is C45H53NO6. The number of hydrogen-bond donors (Lipinski definition) is 0. The summed E-state index contributed by atoms with van der Waals surface area (Å²) in [7, 11) is 0. The molecule has 1 heterocycles. The molecule has 2 amide bonds. The van der Waals surface area contributed by atoms with Gasteiger partial charge < -0.3 is 9.47 Å². The maximum atomic E-state index is 14.0. The maximum Gasteiger partial charge on any atom is 0.338 e. The van der Waals surface area contributed by atoms with Crippen molar-refractivity contribution in [1.29, 1.82) is 0 Å². The van der Waals surface area contributed by atoms with Gasteiger partial charge in [0.2, 0.25) is 11.8 Å². The average molecular weight is 704 g/mol. The first kappa shape index (κ1) is 37.2. The molecule has 7 nitrogen and oxygen atoms in total. The van der Waals surface area contributed by atoms with Gasteiger partial charge in [-0.05, 0) is 78.1 Å². The summed E-state index contributed by atoms with van der Waals surface area (Å²) in [6.07, 6.45) is 18.5. The molecule has 3 aliphatic rings. The number of imide groups is 1. The van der Waals surface area contributed by atoms with Gasteiger partial charge >= 0.3 is 11.9 Å². The molecule has 0 spiro atoms. The van der Waals surface area contributed by atoms with Crippen molar-refractivity contribution in [2.45, 2.75) is 97.3 Å². The fourth-order valence-corrected chi connectivity index (χ4v) is 8.13. The highest BCUT2D eigenvalue weighted by Crippen LogP contribution is 2.54. The second kappa shape index (κ2) is 17.8. The molecule has 0 N–H and O–H groups in total. The largest absolute Gasteiger partial charge is 0.462 e. The summed E-state index contributed by atoms with van der Waals surface area (Å²) in [6.45, 7) is 5.20. The van der Waals surface area contributed by atoms with Crippen LogP contribution in [0.2, 0.25) is 0 Å². The van der Waals surface area contributed by atoms with Crippen LogP contribution in [0, 0.1) is 23.7 Å². The fraction of sp³-hybridized carbons (Fsp3) is 0.467. The minimum absolute atomic E-state index is 0.0954. The number of unbranched alkanes of at least 4 members (excludes halogenated alkanes) is 10. The Morgan fingerprint density at radius 2 is 1.02 bits per heavy atom. The smallest absolute Gasteiger partial charge is 0.338 e. The molecule has 6 rings (SSSR count). The molecule has 3 aromatic rings. The van der Waals surface area contributed by atoms with E-state index in [1.807, 2.05) is 42.5 Å². The Morgan fingerprint density at radius 3 is 1.52 bits per heavy atom. The number of benzene rings is 3. The van der Waals surface area contributed by atoms with Gasteiger partial charge in [-0.1, -0.05) is 127 Å². The molecule has 7 heteroatoms. The number of hydrogen-bond acceptors (Lipinski definition) is 6. The number of nitrogens with zero attached hydrogens (tertiary/aromatic N) is 1. The van der Waals surface area contributed by atoms with Crippen LogP contribution in [-0.4, -0.2) is 37.0 Å². The molecule has 0 unspecified atom stereocenters. The highest BCUT2D eigenvalue weighted by Gasteiger charge is 2.59. The van der Waals surface area contributed by atoms with E-state index < -0.39 is 0 Å². The summed E-state index contributed by atoms with van der Waals surface area (Å²) in [5, 5.41) is 0. The number of amides is 2. The predicted molar refractivity (Wildman–Crippen MR) is 205 cm³/mol. The lowest BCUT2D eigenvalue weighted by Crippen LogP contribution is -2.33. The quantitative estimate of drug-likeness (QED) is 0.0534. The van der Waals surface area contributed by atoms with Crippen LogP contribution < -0.4 is 4.90 Å². The number of ether oxygens (including phenoxy) is 2. The Labute approximate surface area is 308 Å². The monoisotopic (exact) mass is 703 g/mol. The van der Waals surface area contributed by atoms with Crippen molar-refractivity contribution in [3.05, 3.63) is 90.0 Å². The van der Waals surface area contributed by atoms with Crippen molar-refractivity contribution < 1.29 is 28.7 Å². The van der Waals surface area contributed by atoms with E-state index in [1.54, 1.807) is 24.3 Å². The highest BCUT2D eigenvalue weighted by atomic mass is 16.5. The van der Waals surface area contributed by atoms with Gasteiger partial charge in [0.05, 0.1) is 41.9 Å². The van der Waals surface area contributed by atoms with Gasteiger partial charge in [-0.3, -0.25) is 9.59 Å². The van der Waals surface area contributed by atoms with Gasteiger partial charge in [-0.2, -0.15) is 0 Å². The van der Waals surface area contributed by atoms with E-state index in [9.17, 15) is 19.2 Å². The molecule has 1 aliphatic heterocycles. The first-order valence-electron chi connectivity index (χ1n) is 19.7. The number of fused-ring (bicyclic) bond motifs is 5. The van der Waals surface area contributed by atoms with Crippen LogP contribution >= 0.6 is 0 Å². The molecule has 1 saturated heterocycles. The van der Waals surface area contributed by atoms with Crippen molar-refractivity contribution >= 4 is 29.4 Å². The fourth-order valence-electron chi connectivity index (χ4n) is 8.13. The molecule has 0 radical (unpaired) electrons. The zero-order valence-electron chi connectivity index (χ0n) is 30.8. The molecule has 4 atom stereocenters. The highest BCUT2D eigenvalue weighted by molar-refractivity contribution is 6.24. The number of carbonyl (C=O) groups excluding carboxylic acids is 4. The van der Waals surface area contributed by atoms with Crippen LogP contribution in [0.15, 0.2) is 78.9 Å². The molecule has 0 aromatic heterocycles. The van der Waals surface area contributed by atoms with Gasteiger partial charge in [-0.15, -0.1) is 0 Å². The van der Waals surface area contributed by atoms with Crippen molar-refractivity contribution in [3.8, 4) is 22.3 Å². The third-order valence-electron chi connectivity index (χ3n) is 11.1. The Kier molecular flexibility index (Phi) is 12.8. The first-order chi connectivity index (χ1) is 25.4. The molecule has 274 valence electrons. The molecule has 2 aliphatic carbocycles. The van der Waals surface area contributed by atoms with E-state index in [4.69, 9.17) is 9.47 Å². The Hall–Kier alpha value is -4.52. The topological polar surface area (TPSA) is 90.0 Å². The van der Waals surface area contributed by atoms with Crippen molar-refractivity contribution in [2.24, 2.45) is 23.7 Å². The van der Waals surface area contributed by atoms with Gasteiger partial charge in [0, 0.05) is 5.56 Å². The van der Waals surface area contributed by atoms with Crippen LogP contribution in [-0.2, 0) is 19.1 Å². The summed E-state index contributed by atoms with van der Waals surface area (Å²) >= 11 is 0. The maximum absolute atomic E-state index is 14.0. The lowest BCUT2D eigenvalue weighted by atomic mass is 9.85. The zero-order chi connectivity index (χ0) is 36.5. The number of allylic oxidation sites excluding steroid dienone is 2. The van der Waals surface area contributed by atoms with Crippen LogP contribution in [0.1, 0.15) is 118 Å². The van der Waals surface area contributed by atoms with Crippen LogP contribution in [0.4, 0.5) is 5.69 Å². The van der Waals surface area contributed by atoms with E-state index in [-0.39, 0.29) is 47.4 Å². The number of rotatable bonds is 19. The third-order valence-corrected chi connectivity index (χ3v) is 11.1. The molecule has 52 heavy (non-hydrogen) atoms. The molecule has 2 bridgehead atoms. The van der Waals surface area contributed by atoms with Crippen LogP contribution in [0.5, 0.6) is 0 Å². The predicted octanol–water partition coefficient (Wildman–Crippen LogP) is 10.4. The lowest BCUT2D eigenvalue weighted by Gasteiger charge is -2.22. The van der Waals surface area contributed by atoms with Gasteiger partial charge in [0.15, 0.2) is 0 Å². The van der Waals surface area contributed by atoms with E-state index >= 15 is 0 Å². The van der Waals surface area contributed by atoms with E-state index in [0.717, 1.165) is 67.2 Å². The van der Waals surface area contributed by atoms with E-state index in [0.29, 0.717) is 30.0 Å². The standard InChI is InChI=1S/C45H53NO6/c1-3-5-7-9-11-13-27-51-44(49)33-19-15-31(16-20-33)35-25-26-38(32-17-21-34(22-18-32)45(50)52-28-14-12-10-8-6-4-2)39(30-35)46-42(47)40-36-23-24-37(29-36)41(40)43(46)48/h15-26,30,36-37,40-41H,3-14,27-29H2,1-2H3/t36-,37+,40+,41-. The van der Waals surface area contributed by atoms with Crippen LogP contribution in [0.3, 0.4) is 0 Å². The van der Waals surface area contributed by atoms with E-state index in [2.05, 4.69) is 26.0 Å². The Balaban J connectivity index is 1.18. The molecule has 1 saturated carbocycles. The second-order valence-electron chi connectivity index (χ2n) is 14.7. The summed E-state index contributed by atoms with van der Waals surface area (Å²) in [5.41, 5.74) is 4.66. The van der Waals surface area contributed by atoms with Gasteiger partial charge in [0.1, 0.15) is 0 Å². The van der Waals surface area contributed by atoms with E-state index in [1.165, 1.54) is 43.4 Å². The van der Waals surface area contributed by atoms with Gasteiger partial charge in [0.25, 0.3) is 0 Å². The lowest BCUT2D eigenvalue weighted by molar-refractivity contribution is -0.123. The molecular weight excluding hydrogens is 650 g/mol. The Morgan fingerprint density at radius 1 is 0.577 bits per heavy atom. The summed E-state index contributed by atoms with van der Waals surface area (Å²) < 4.78 is 11.1. The summed E-state index contributed by atoms with van der Waals surface area (Å²) in [6, 6.07) is 20.2. The average Bonchev–Trinajstić information content (AvgIpc) is 3.87. The summed E-state index contributed by atoms with van der Waals surface area (Å²) in [4.78, 5) is 54.9. The molecule has 3 aromatic carbocycles. The number of anilines is 1. The van der Waals surface area contributed by atoms with Crippen molar-refractivity contribution in [2.75, 3.05) is 18.1 Å². The number of carbonyl (C=O) groups is 4. The minimum Gasteiger partial charge on any atom is -0.462 e. The first-order valence-corrected chi connectivity index (χ1v) is 19.7.